The standard InChI is InChI=1S/C21H33FN2O/c1-15-10-16(2)12-18(11-15)20(25)23-13-17-6-8-24(14-19(17)22)9-7-21(3,4)5/h10-12,17,19H,6-9,13-14H2,1-5H3,(H,23,25). The van der Waals surface area contributed by atoms with Crippen molar-refractivity contribution in [2.45, 2.75) is 53.6 Å². The highest BCUT2D eigenvalue weighted by molar-refractivity contribution is 5.94. The molecular weight excluding hydrogens is 315 g/mol. The van der Waals surface area contributed by atoms with E-state index >= 15 is 0 Å². The summed E-state index contributed by atoms with van der Waals surface area (Å²) < 4.78 is 14.5. The fourth-order valence-corrected chi connectivity index (χ4v) is 3.37. The topological polar surface area (TPSA) is 32.3 Å². The molecule has 1 aromatic carbocycles. The van der Waals surface area contributed by atoms with Crippen molar-refractivity contribution >= 4 is 5.91 Å². The Kier molecular flexibility index (Phi) is 6.61. The third-order valence-electron chi connectivity index (χ3n) is 4.95. The molecule has 3 nitrogen and oxygen atoms in total. The maximum atomic E-state index is 14.5. The first-order valence-corrected chi connectivity index (χ1v) is 9.37. The highest BCUT2D eigenvalue weighted by Crippen LogP contribution is 2.24. The largest absolute Gasteiger partial charge is 0.352 e. The minimum absolute atomic E-state index is 0.0826. The van der Waals surface area contributed by atoms with Crippen LogP contribution in [0, 0.1) is 25.2 Å². The predicted octanol–water partition coefficient (Wildman–Crippen LogP) is 4.13. The van der Waals surface area contributed by atoms with E-state index in [2.05, 4.69) is 31.0 Å². The van der Waals surface area contributed by atoms with Crippen molar-refractivity contribution in [1.29, 1.82) is 0 Å². The molecule has 1 amide bonds. The maximum absolute atomic E-state index is 14.5. The van der Waals surface area contributed by atoms with Crippen molar-refractivity contribution in [2.75, 3.05) is 26.2 Å². The highest BCUT2D eigenvalue weighted by Gasteiger charge is 2.29. The van der Waals surface area contributed by atoms with E-state index in [4.69, 9.17) is 0 Å². The van der Waals surface area contributed by atoms with Gasteiger partial charge in [-0.1, -0.05) is 38.0 Å². The van der Waals surface area contributed by atoms with Crippen LogP contribution in [0.1, 0.15) is 55.1 Å². The lowest BCUT2D eigenvalue weighted by molar-refractivity contribution is 0.0724. The summed E-state index contributed by atoms with van der Waals surface area (Å²) in [6, 6.07) is 5.80. The number of carbonyl (C=O) groups excluding carboxylic acids is 1. The number of hydrogen-bond donors (Lipinski definition) is 1. The van der Waals surface area contributed by atoms with Gasteiger partial charge in [0, 0.05) is 24.6 Å². The van der Waals surface area contributed by atoms with Gasteiger partial charge in [-0.3, -0.25) is 4.79 Å². The Morgan fingerprint density at radius 3 is 2.44 bits per heavy atom. The lowest BCUT2D eigenvalue weighted by Crippen LogP contribution is -2.46. The number of benzene rings is 1. The molecule has 4 heteroatoms. The molecule has 0 saturated carbocycles. The van der Waals surface area contributed by atoms with Crippen LogP contribution in [-0.2, 0) is 0 Å². The Balaban J connectivity index is 1.81. The van der Waals surface area contributed by atoms with E-state index in [1.165, 1.54) is 0 Å². The van der Waals surface area contributed by atoms with Crippen LogP contribution in [0.2, 0.25) is 0 Å². The number of carbonyl (C=O) groups is 1. The lowest BCUT2D eigenvalue weighted by atomic mass is 9.90. The summed E-state index contributed by atoms with van der Waals surface area (Å²) in [5.74, 6) is -0.185. The van der Waals surface area contributed by atoms with Gasteiger partial charge in [0.25, 0.3) is 5.91 Å². The number of nitrogens with zero attached hydrogens (tertiary/aromatic N) is 1. The van der Waals surface area contributed by atoms with Crippen molar-refractivity contribution in [3.63, 3.8) is 0 Å². The van der Waals surface area contributed by atoms with Gasteiger partial charge in [-0.05, 0) is 57.3 Å². The van der Waals surface area contributed by atoms with Crippen molar-refractivity contribution in [3.8, 4) is 0 Å². The molecule has 0 aliphatic carbocycles. The number of halogens is 1. The van der Waals surface area contributed by atoms with Gasteiger partial charge < -0.3 is 10.2 Å². The van der Waals surface area contributed by atoms with E-state index in [1.54, 1.807) is 0 Å². The molecule has 0 spiro atoms. The van der Waals surface area contributed by atoms with Crippen LogP contribution in [0.15, 0.2) is 18.2 Å². The molecule has 1 N–H and O–H groups in total. The second-order valence-corrected chi connectivity index (χ2v) is 8.76. The van der Waals surface area contributed by atoms with Crippen LogP contribution >= 0.6 is 0 Å². The first-order chi connectivity index (χ1) is 11.6. The molecule has 2 rings (SSSR count). The van der Waals surface area contributed by atoms with E-state index in [-0.39, 0.29) is 17.2 Å². The zero-order valence-corrected chi connectivity index (χ0v) is 16.4. The molecule has 25 heavy (non-hydrogen) atoms. The SMILES string of the molecule is Cc1cc(C)cc(C(=O)NCC2CCN(CCC(C)(C)C)CC2F)c1. The van der Waals surface area contributed by atoms with E-state index in [0.717, 1.165) is 37.1 Å². The average molecular weight is 349 g/mol. The van der Waals surface area contributed by atoms with Crippen molar-refractivity contribution in [1.82, 2.24) is 10.2 Å². The Labute approximate surface area is 152 Å². The monoisotopic (exact) mass is 348 g/mol. The lowest BCUT2D eigenvalue weighted by Gasteiger charge is -2.36. The summed E-state index contributed by atoms with van der Waals surface area (Å²) >= 11 is 0. The first kappa shape index (κ1) is 19.9. The Morgan fingerprint density at radius 2 is 1.88 bits per heavy atom. The zero-order chi connectivity index (χ0) is 18.6. The number of hydrogen-bond acceptors (Lipinski definition) is 2. The number of piperidine rings is 1. The fraction of sp³-hybridized carbons (Fsp3) is 0.667. The predicted molar refractivity (Wildman–Crippen MR) is 102 cm³/mol. The van der Waals surface area contributed by atoms with Gasteiger partial charge in [0.15, 0.2) is 0 Å². The summed E-state index contributed by atoms with van der Waals surface area (Å²) in [6.45, 7) is 13.4. The van der Waals surface area contributed by atoms with Gasteiger partial charge in [-0.25, -0.2) is 4.39 Å². The van der Waals surface area contributed by atoms with E-state index in [1.807, 2.05) is 32.0 Å². The molecule has 1 saturated heterocycles. The van der Waals surface area contributed by atoms with E-state index in [9.17, 15) is 9.18 Å². The second kappa shape index (κ2) is 8.31. The normalized spacial score (nSPS) is 22.0. The van der Waals surface area contributed by atoms with E-state index in [0.29, 0.717) is 18.7 Å². The molecule has 1 aliphatic rings. The molecule has 0 aromatic heterocycles. The first-order valence-electron chi connectivity index (χ1n) is 9.37. The smallest absolute Gasteiger partial charge is 0.251 e. The molecule has 0 bridgehead atoms. The van der Waals surface area contributed by atoms with Crippen molar-refractivity contribution in [2.24, 2.45) is 11.3 Å². The maximum Gasteiger partial charge on any atom is 0.251 e. The summed E-state index contributed by atoms with van der Waals surface area (Å²) in [6.07, 6.45) is 1.01. The van der Waals surface area contributed by atoms with Gasteiger partial charge in [-0.2, -0.15) is 0 Å². The fourth-order valence-electron chi connectivity index (χ4n) is 3.37. The second-order valence-electron chi connectivity index (χ2n) is 8.76. The third-order valence-corrected chi connectivity index (χ3v) is 4.95. The summed E-state index contributed by atoms with van der Waals surface area (Å²) in [4.78, 5) is 14.6. The number of rotatable bonds is 5. The molecular formula is C21H33FN2O. The third kappa shape index (κ3) is 6.43. The van der Waals surface area contributed by atoms with Crippen molar-refractivity contribution < 1.29 is 9.18 Å². The highest BCUT2D eigenvalue weighted by atomic mass is 19.1. The molecule has 140 valence electrons. The molecule has 1 aromatic rings. The minimum atomic E-state index is -0.867. The summed E-state index contributed by atoms with van der Waals surface area (Å²) in [5, 5.41) is 2.93. The summed E-state index contributed by atoms with van der Waals surface area (Å²) in [5.41, 5.74) is 3.08. The van der Waals surface area contributed by atoms with E-state index < -0.39 is 6.17 Å². The Bertz CT molecular complexity index is 574. The van der Waals surface area contributed by atoms with Gasteiger partial charge in [0.2, 0.25) is 0 Å². The summed E-state index contributed by atoms with van der Waals surface area (Å²) in [7, 11) is 0. The molecule has 2 atom stereocenters. The number of aryl methyl sites for hydroxylation is 2. The molecule has 2 unspecified atom stereocenters. The van der Waals surface area contributed by atoms with Crippen LogP contribution in [0.25, 0.3) is 0 Å². The Morgan fingerprint density at radius 1 is 1.24 bits per heavy atom. The van der Waals surface area contributed by atoms with Crippen LogP contribution in [0.3, 0.4) is 0 Å². The number of likely N-dealkylation sites (tertiary alicyclic amines) is 1. The molecule has 1 aliphatic heterocycles. The molecule has 1 heterocycles. The number of amides is 1. The zero-order valence-electron chi connectivity index (χ0n) is 16.4. The van der Waals surface area contributed by atoms with Crippen LogP contribution < -0.4 is 5.32 Å². The quantitative estimate of drug-likeness (QED) is 0.868. The van der Waals surface area contributed by atoms with Crippen LogP contribution in [0.5, 0.6) is 0 Å². The van der Waals surface area contributed by atoms with Gasteiger partial charge in [-0.15, -0.1) is 0 Å². The average Bonchev–Trinajstić information content (AvgIpc) is 2.50. The van der Waals surface area contributed by atoms with Gasteiger partial charge >= 0.3 is 0 Å². The van der Waals surface area contributed by atoms with Crippen LogP contribution in [-0.4, -0.2) is 43.2 Å². The van der Waals surface area contributed by atoms with Crippen molar-refractivity contribution in [3.05, 3.63) is 34.9 Å². The molecule has 0 radical (unpaired) electrons. The van der Waals surface area contributed by atoms with Crippen LogP contribution in [0.4, 0.5) is 4.39 Å². The minimum Gasteiger partial charge on any atom is -0.352 e. The number of alkyl halides is 1. The molecule has 1 fully saturated rings. The van der Waals surface area contributed by atoms with Gasteiger partial charge in [0.1, 0.15) is 6.17 Å². The Hall–Kier alpha value is -1.42. The number of nitrogens with one attached hydrogen (secondary N) is 1. The van der Waals surface area contributed by atoms with Gasteiger partial charge in [0.05, 0.1) is 0 Å².